The van der Waals surface area contributed by atoms with Gasteiger partial charge in [-0.05, 0) is 6.07 Å². The molecule has 0 amide bonds. The van der Waals surface area contributed by atoms with E-state index in [0.29, 0.717) is 4.90 Å². The molecule has 0 heterocycles. The van der Waals surface area contributed by atoms with Gasteiger partial charge in [-0.2, -0.15) is 0 Å². The van der Waals surface area contributed by atoms with Gasteiger partial charge >= 0.3 is 0 Å². The van der Waals surface area contributed by atoms with Crippen LogP contribution >= 0.6 is 21.6 Å². The van der Waals surface area contributed by atoms with Crippen LogP contribution in [0.2, 0.25) is 0 Å². The van der Waals surface area contributed by atoms with Crippen LogP contribution < -0.4 is 0 Å². The quantitative estimate of drug-likeness (QED) is 0.458. The van der Waals surface area contributed by atoms with Crippen molar-refractivity contribution >= 4 is 33.0 Å². The van der Waals surface area contributed by atoms with Gasteiger partial charge in [0.25, 0.3) is 11.4 Å². The Morgan fingerprint density at radius 2 is 1.94 bits per heavy atom. The van der Waals surface area contributed by atoms with E-state index in [-0.39, 0.29) is 11.4 Å². The summed E-state index contributed by atoms with van der Waals surface area (Å²) in [5.74, 6) is 0.804. The molecule has 0 N–H and O–H groups in total. The van der Waals surface area contributed by atoms with Crippen LogP contribution in [0.1, 0.15) is 6.92 Å². The summed E-state index contributed by atoms with van der Waals surface area (Å²) in [6.45, 7) is 1.93. The SMILES string of the molecule is CCSSc1ccc([N+](=O)[O-])cc1[N+](=O)[O-]. The van der Waals surface area contributed by atoms with E-state index in [2.05, 4.69) is 0 Å². The maximum Gasteiger partial charge on any atom is 0.290 e. The van der Waals surface area contributed by atoms with Crippen molar-refractivity contribution in [1.29, 1.82) is 0 Å². The van der Waals surface area contributed by atoms with Crippen molar-refractivity contribution in [3.05, 3.63) is 38.4 Å². The minimum atomic E-state index is -0.644. The second-order valence-electron chi connectivity index (χ2n) is 2.66. The van der Waals surface area contributed by atoms with Crippen LogP contribution in [0.5, 0.6) is 0 Å². The van der Waals surface area contributed by atoms with Gasteiger partial charge in [0.05, 0.1) is 20.8 Å². The standard InChI is InChI=1S/C8H8N2O4S2/c1-2-15-16-8-4-3-6(9(11)12)5-7(8)10(13)14/h3-5H,2H2,1H3. The van der Waals surface area contributed by atoms with Gasteiger partial charge in [0.1, 0.15) is 0 Å². The van der Waals surface area contributed by atoms with Crippen molar-refractivity contribution in [2.45, 2.75) is 11.8 Å². The number of nitrogens with zero attached hydrogens (tertiary/aromatic N) is 2. The number of rotatable bonds is 5. The number of hydrogen-bond donors (Lipinski definition) is 0. The largest absolute Gasteiger partial charge is 0.290 e. The van der Waals surface area contributed by atoms with Crippen LogP contribution in [0.3, 0.4) is 0 Å². The van der Waals surface area contributed by atoms with Crippen LogP contribution in [-0.4, -0.2) is 15.6 Å². The molecule has 0 saturated heterocycles. The van der Waals surface area contributed by atoms with E-state index in [1.54, 1.807) is 0 Å². The molecule has 6 nitrogen and oxygen atoms in total. The number of hydrogen-bond acceptors (Lipinski definition) is 6. The summed E-state index contributed by atoms with van der Waals surface area (Å²) in [6.07, 6.45) is 0. The molecular formula is C8H8N2O4S2. The van der Waals surface area contributed by atoms with Crippen molar-refractivity contribution in [1.82, 2.24) is 0 Å². The lowest BCUT2D eigenvalue weighted by molar-refractivity contribution is -0.396. The zero-order valence-corrected chi connectivity index (χ0v) is 9.92. The number of non-ortho nitro benzene ring substituents is 1. The fraction of sp³-hybridized carbons (Fsp3) is 0.250. The third kappa shape index (κ3) is 3.11. The Morgan fingerprint density at radius 3 is 2.44 bits per heavy atom. The zero-order chi connectivity index (χ0) is 12.1. The molecular weight excluding hydrogens is 252 g/mol. The van der Waals surface area contributed by atoms with Crippen molar-refractivity contribution < 1.29 is 9.85 Å². The molecule has 0 spiro atoms. The molecule has 1 rings (SSSR count). The molecule has 86 valence electrons. The summed E-state index contributed by atoms with van der Waals surface area (Å²) in [5.41, 5.74) is -0.488. The molecule has 0 aliphatic rings. The molecule has 0 fully saturated rings. The monoisotopic (exact) mass is 260 g/mol. The third-order valence-electron chi connectivity index (χ3n) is 1.62. The van der Waals surface area contributed by atoms with E-state index in [9.17, 15) is 20.2 Å². The molecule has 16 heavy (non-hydrogen) atoms. The summed E-state index contributed by atoms with van der Waals surface area (Å²) in [6, 6.07) is 3.66. The van der Waals surface area contributed by atoms with Crippen LogP contribution in [0.15, 0.2) is 23.1 Å². The van der Waals surface area contributed by atoms with Crippen molar-refractivity contribution in [2.24, 2.45) is 0 Å². The van der Waals surface area contributed by atoms with E-state index in [1.807, 2.05) is 6.92 Å². The van der Waals surface area contributed by atoms with E-state index < -0.39 is 9.85 Å². The minimum absolute atomic E-state index is 0.222. The van der Waals surface area contributed by atoms with E-state index in [1.165, 1.54) is 33.7 Å². The second kappa shape index (κ2) is 5.71. The first-order chi connectivity index (χ1) is 7.56. The summed E-state index contributed by atoms with van der Waals surface area (Å²) in [7, 11) is 2.70. The van der Waals surface area contributed by atoms with Gasteiger partial charge in [-0.25, -0.2) is 0 Å². The topological polar surface area (TPSA) is 86.3 Å². The summed E-state index contributed by atoms with van der Waals surface area (Å²) >= 11 is 0. The smallest absolute Gasteiger partial charge is 0.258 e. The Hall–Kier alpha value is -1.28. The van der Waals surface area contributed by atoms with Gasteiger partial charge in [0, 0.05) is 11.8 Å². The van der Waals surface area contributed by atoms with Crippen LogP contribution in [0, 0.1) is 20.2 Å². The number of benzene rings is 1. The lowest BCUT2D eigenvalue weighted by Gasteiger charge is -2.00. The van der Waals surface area contributed by atoms with Crippen molar-refractivity contribution in [3.63, 3.8) is 0 Å². The fourth-order valence-electron chi connectivity index (χ4n) is 0.955. The minimum Gasteiger partial charge on any atom is -0.258 e. The average molecular weight is 260 g/mol. The van der Waals surface area contributed by atoms with Gasteiger partial charge in [0.2, 0.25) is 0 Å². The normalized spacial score (nSPS) is 10.1. The van der Waals surface area contributed by atoms with Crippen LogP contribution in [-0.2, 0) is 0 Å². The second-order valence-corrected chi connectivity index (χ2v) is 5.28. The Kier molecular flexibility index (Phi) is 4.56. The van der Waals surface area contributed by atoms with E-state index in [4.69, 9.17) is 0 Å². The summed E-state index contributed by atoms with van der Waals surface area (Å²) in [4.78, 5) is 20.4. The fourth-order valence-corrected chi connectivity index (χ4v) is 2.70. The van der Waals surface area contributed by atoms with E-state index >= 15 is 0 Å². The number of nitro groups is 2. The molecule has 0 bridgehead atoms. The first-order valence-electron chi connectivity index (χ1n) is 4.28. The number of nitro benzene ring substituents is 2. The molecule has 0 saturated carbocycles. The zero-order valence-electron chi connectivity index (χ0n) is 8.28. The highest BCUT2D eigenvalue weighted by Gasteiger charge is 2.19. The van der Waals surface area contributed by atoms with Crippen molar-refractivity contribution in [2.75, 3.05) is 5.75 Å². The first-order valence-corrected chi connectivity index (χ1v) is 6.60. The molecule has 1 aromatic carbocycles. The predicted molar refractivity (Wildman–Crippen MR) is 63.7 cm³/mol. The molecule has 0 aliphatic carbocycles. The summed E-state index contributed by atoms with van der Waals surface area (Å²) in [5, 5.41) is 21.2. The molecule has 0 aliphatic heterocycles. The highest BCUT2D eigenvalue weighted by molar-refractivity contribution is 8.76. The van der Waals surface area contributed by atoms with Gasteiger partial charge < -0.3 is 0 Å². The molecule has 0 atom stereocenters. The average Bonchev–Trinajstić information content (AvgIpc) is 2.25. The molecule has 0 aromatic heterocycles. The Balaban J connectivity index is 3.09. The Bertz CT molecular complexity index is 424. The molecule has 8 heteroatoms. The maximum absolute atomic E-state index is 10.7. The Labute approximate surface area is 99.1 Å². The lowest BCUT2D eigenvalue weighted by atomic mass is 10.3. The molecule has 1 aromatic rings. The van der Waals surface area contributed by atoms with Gasteiger partial charge in [-0.15, -0.1) is 0 Å². The van der Waals surface area contributed by atoms with Gasteiger partial charge in [-0.3, -0.25) is 20.2 Å². The predicted octanol–water partition coefficient (Wildman–Crippen LogP) is 3.26. The van der Waals surface area contributed by atoms with Crippen LogP contribution in [0.25, 0.3) is 0 Å². The Morgan fingerprint density at radius 1 is 1.25 bits per heavy atom. The van der Waals surface area contributed by atoms with E-state index in [0.717, 1.165) is 11.8 Å². The maximum atomic E-state index is 10.7. The summed E-state index contributed by atoms with van der Waals surface area (Å²) < 4.78 is 0. The van der Waals surface area contributed by atoms with Gasteiger partial charge in [0.15, 0.2) is 0 Å². The first kappa shape index (κ1) is 12.8. The third-order valence-corrected chi connectivity index (χ3v) is 4.09. The lowest BCUT2D eigenvalue weighted by Crippen LogP contribution is -1.93. The highest BCUT2D eigenvalue weighted by Crippen LogP contribution is 2.38. The molecule has 0 radical (unpaired) electrons. The van der Waals surface area contributed by atoms with Crippen LogP contribution in [0.4, 0.5) is 11.4 Å². The molecule has 0 unspecified atom stereocenters. The van der Waals surface area contributed by atoms with Gasteiger partial charge in [-0.1, -0.05) is 28.5 Å². The highest BCUT2D eigenvalue weighted by atomic mass is 33.1. The van der Waals surface area contributed by atoms with Crippen molar-refractivity contribution in [3.8, 4) is 0 Å².